The molecule has 0 amide bonds. The van der Waals surface area contributed by atoms with Gasteiger partial charge < -0.3 is 14.7 Å². The molecule has 0 spiro atoms. The lowest BCUT2D eigenvalue weighted by Gasteiger charge is -2.37. The summed E-state index contributed by atoms with van der Waals surface area (Å²) in [5.74, 6) is 0. The van der Waals surface area contributed by atoms with E-state index in [4.69, 9.17) is 4.65 Å². The van der Waals surface area contributed by atoms with Crippen LogP contribution in [0.4, 0.5) is 17.1 Å². The second-order valence-corrected chi connectivity index (χ2v) is 9.48. The van der Waals surface area contributed by atoms with Crippen molar-refractivity contribution in [2.24, 2.45) is 0 Å². The lowest BCUT2D eigenvalue weighted by molar-refractivity contribution is -0.0893. The molecule has 3 nitrogen and oxygen atoms in total. The van der Waals surface area contributed by atoms with Crippen molar-refractivity contribution >= 4 is 30.0 Å². The number of anilines is 3. The van der Waals surface area contributed by atoms with Crippen LogP contribution in [0.2, 0.25) is 0 Å². The van der Waals surface area contributed by atoms with Gasteiger partial charge in [0.2, 0.25) is 0 Å². The van der Waals surface area contributed by atoms with Crippen molar-refractivity contribution in [3.05, 3.63) is 109 Å². The molecule has 4 aromatic carbocycles. The first-order valence-corrected chi connectivity index (χ1v) is 11.6. The van der Waals surface area contributed by atoms with Crippen molar-refractivity contribution in [2.45, 2.75) is 38.9 Å². The van der Waals surface area contributed by atoms with E-state index in [0.717, 1.165) is 22.5 Å². The van der Waals surface area contributed by atoms with Crippen molar-refractivity contribution in [1.82, 2.24) is 0 Å². The van der Waals surface area contributed by atoms with E-state index in [1.165, 1.54) is 11.1 Å². The lowest BCUT2D eigenvalue weighted by atomic mass is 9.82. The van der Waals surface area contributed by atoms with Crippen molar-refractivity contribution in [3.8, 4) is 11.1 Å². The van der Waals surface area contributed by atoms with Gasteiger partial charge in [0.05, 0.1) is 11.2 Å². The highest BCUT2D eigenvalue weighted by atomic mass is 16.5. The maximum absolute atomic E-state index is 10.3. The second kappa shape index (κ2) is 9.88. The first kappa shape index (κ1) is 23.8. The summed E-state index contributed by atoms with van der Waals surface area (Å²) >= 11 is 0. The average Bonchev–Trinajstić information content (AvgIpc) is 2.85. The Morgan fingerprint density at radius 1 is 0.588 bits per heavy atom. The Labute approximate surface area is 203 Å². The highest BCUT2D eigenvalue weighted by Gasteiger charge is 2.35. The first-order chi connectivity index (χ1) is 16.2. The van der Waals surface area contributed by atoms with Gasteiger partial charge in [0.25, 0.3) is 0 Å². The molecule has 0 aliphatic rings. The van der Waals surface area contributed by atoms with E-state index in [1.54, 1.807) is 21.3 Å². The molecule has 0 aliphatic heterocycles. The number of benzene rings is 4. The molecule has 1 N–H and O–H groups in total. The molecule has 0 aliphatic carbocycles. The van der Waals surface area contributed by atoms with Gasteiger partial charge in [-0.05, 0) is 75.2 Å². The fraction of sp³-hybridized carbons (Fsp3) is 0.200. The summed E-state index contributed by atoms with van der Waals surface area (Å²) in [6.07, 6.45) is 0. The third kappa shape index (κ3) is 5.41. The van der Waals surface area contributed by atoms with Gasteiger partial charge in [0.15, 0.2) is 0 Å². The SMILES string of the molecule is CC(C)(O)C(C)(C)O[B]c1ccc(N(c2ccccc2)c2ccc(-c3ccccc3)cc2)cc1. The van der Waals surface area contributed by atoms with Crippen molar-refractivity contribution in [2.75, 3.05) is 4.90 Å². The van der Waals surface area contributed by atoms with Crippen molar-refractivity contribution < 1.29 is 9.76 Å². The number of hydrogen-bond donors (Lipinski definition) is 1. The molecule has 0 fully saturated rings. The summed E-state index contributed by atoms with van der Waals surface area (Å²) in [4.78, 5) is 2.24. The second-order valence-electron chi connectivity index (χ2n) is 9.48. The van der Waals surface area contributed by atoms with E-state index < -0.39 is 11.2 Å². The van der Waals surface area contributed by atoms with Crippen LogP contribution in [-0.2, 0) is 4.65 Å². The Kier molecular flexibility index (Phi) is 6.92. The van der Waals surface area contributed by atoms with Gasteiger partial charge in [-0.25, -0.2) is 0 Å². The standard InChI is InChI=1S/C30H31BNO2/c1-29(2,33)30(3,4)34-31-25-17-21-28(22-18-25)32(26-13-9-6-10-14-26)27-19-15-24(16-20-27)23-11-7-5-8-12-23/h5-22,33H,1-4H3. The third-order valence-electron chi connectivity index (χ3n) is 6.36. The summed E-state index contributed by atoms with van der Waals surface area (Å²) in [5.41, 5.74) is 4.89. The van der Waals surface area contributed by atoms with Gasteiger partial charge >= 0.3 is 7.48 Å². The van der Waals surface area contributed by atoms with Crippen LogP contribution in [0.3, 0.4) is 0 Å². The monoisotopic (exact) mass is 448 g/mol. The topological polar surface area (TPSA) is 32.7 Å². The van der Waals surface area contributed by atoms with E-state index in [9.17, 15) is 5.11 Å². The van der Waals surface area contributed by atoms with Gasteiger partial charge in [0.1, 0.15) is 0 Å². The van der Waals surface area contributed by atoms with E-state index in [1.807, 2.05) is 38.1 Å². The molecule has 0 aromatic heterocycles. The van der Waals surface area contributed by atoms with Gasteiger partial charge in [-0.3, -0.25) is 0 Å². The molecule has 4 heteroatoms. The van der Waals surface area contributed by atoms with Crippen LogP contribution >= 0.6 is 0 Å². The van der Waals surface area contributed by atoms with Gasteiger partial charge in [0, 0.05) is 17.1 Å². The Balaban J connectivity index is 1.60. The zero-order valence-electron chi connectivity index (χ0n) is 20.3. The van der Waals surface area contributed by atoms with Crippen LogP contribution < -0.4 is 10.4 Å². The predicted octanol–water partition coefficient (Wildman–Crippen LogP) is 6.63. The van der Waals surface area contributed by atoms with E-state index in [0.29, 0.717) is 0 Å². The number of rotatable bonds is 8. The Hall–Kier alpha value is -3.34. The minimum absolute atomic E-state index is 0.706. The molecular weight excluding hydrogens is 417 g/mol. The van der Waals surface area contributed by atoms with Crippen LogP contribution in [0.5, 0.6) is 0 Å². The van der Waals surface area contributed by atoms with Gasteiger partial charge in [-0.2, -0.15) is 0 Å². The van der Waals surface area contributed by atoms with Crippen molar-refractivity contribution in [1.29, 1.82) is 0 Å². The highest BCUT2D eigenvalue weighted by molar-refractivity contribution is 6.47. The van der Waals surface area contributed by atoms with Crippen LogP contribution in [-0.4, -0.2) is 23.8 Å². The fourth-order valence-corrected chi connectivity index (χ4v) is 3.52. The fourth-order valence-electron chi connectivity index (χ4n) is 3.52. The Bertz CT molecular complexity index is 1180. The molecule has 171 valence electrons. The van der Waals surface area contributed by atoms with E-state index in [-0.39, 0.29) is 0 Å². The quantitative estimate of drug-likeness (QED) is 0.307. The number of aliphatic hydroxyl groups is 1. The van der Waals surface area contributed by atoms with Crippen LogP contribution in [0.1, 0.15) is 27.7 Å². The summed E-state index contributed by atoms with van der Waals surface area (Å²) < 4.78 is 5.92. The molecule has 0 bridgehead atoms. The maximum Gasteiger partial charge on any atom is 0.330 e. The molecular formula is C30H31BNO2. The molecule has 0 saturated heterocycles. The molecule has 0 atom stereocenters. The molecule has 34 heavy (non-hydrogen) atoms. The van der Waals surface area contributed by atoms with Gasteiger partial charge in [-0.1, -0.05) is 78.3 Å². The van der Waals surface area contributed by atoms with Gasteiger partial charge in [-0.15, -0.1) is 0 Å². The maximum atomic E-state index is 10.3. The predicted molar refractivity (Wildman–Crippen MR) is 143 cm³/mol. The summed E-state index contributed by atoms with van der Waals surface area (Å²) in [5, 5.41) is 10.3. The Morgan fingerprint density at radius 2 is 1.03 bits per heavy atom. The molecule has 4 aromatic rings. The minimum atomic E-state index is -0.959. The van der Waals surface area contributed by atoms with Crippen LogP contribution in [0.15, 0.2) is 109 Å². The zero-order chi connectivity index (χ0) is 24.2. The first-order valence-electron chi connectivity index (χ1n) is 11.6. The molecule has 0 unspecified atom stereocenters. The summed E-state index contributed by atoms with van der Waals surface area (Å²) in [6.45, 7) is 7.28. The molecule has 4 rings (SSSR count). The molecule has 0 heterocycles. The Morgan fingerprint density at radius 3 is 1.56 bits per heavy atom. The summed E-state index contributed by atoms with van der Waals surface area (Å²) in [7, 11) is 1.71. The molecule has 0 saturated carbocycles. The van der Waals surface area contributed by atoms with E-state index >= 15 is 0 Å². The van der Waals surface area contributed by atoms with Crippen LogP contribution in [0.25, 0.3) is 11.1 Å². The third-order valence-corrected chi connectivity index (χ3v) is 6.36. The number of hydrogen-bond acceptors (Lipinski definition) is 3. The normalized spacial score (nSPS) is 11.8. The highest BCUT2D eigenvalue weighted by Crippen LogP contribution is 2.35. The van der Waals surface area contributed by atoms with Crippen LogP contribution in [0, 0.1) is 0 Å². The largest absolute Gasteiger partial charge is 0.427 e. The minimum Gasteiger partial charge on any atom is -0.427 e. The number of nitrogens with zero attached hydrogens (tertiary/aromatic N) is 1. The number of para-hydroxylation sites is 1. The molecule has 1 radical (unpaired) electrons. The summed E-state index contributed by atoms with van der Waals surface area (Å²) in [6, 6.07) is 37.6. The van der Waals surface area contributed by atoms with Crippen molar-refractivity contribution in [3.63, 3.8) is 0 Å². The zero-order valence-corrected chi connectivity index (χ0v) is 20.3. The lowest BCUT2D eigenvalue weighted by Crippen LogP contribution is -2.49. The van der Waals surface area contributed by atoms with E-state index in [2.05, 4.69) is 89.8 Å². The smallest absolute Gasteiger partial charge is 0.330 e. The average molecular weight is 448 g/mol.